The van der Waals surface area contributed by atoms with Gasteiger partial charge in [0.25, 0.3) is 5.56 Å². The van der Waals surface area contributed by atoms with E-state index in [1.165, 1.54) is 6.07 Å². The molecule has 0 aliphatic rings. The summed E-state index contributed by atoms with van der Waals surface area (Å²) < 4.78 is 77.2. The van der Waals surface area contributed by atoms with E-state index in [1.807, 2.05) is 0 Å². The van der Waals surface area contributed by atoms with Crippen molar-refractivity contribution in [3.8, 4) is 11.8 Å². The van der Waals surface area contributed by atoms with E-state index >= 15 is 0 Å². The predicted molar refractivity (Wildman–Crippen MR) is 76.8 cm³/mol. The van der Waals surface area contributed by atoms with Crippen molar-refractivity contribution in [2.75, 3.05) is 0 Å². The van der Waals surface area contributed by atoms with E-state index in [4.69, 9.17) is 28.5 Å². The first-order chi connectivity index (χ1) is 11.4. The summed E-state index contributed by atoms with van der Waals surface area (Å²) in [5, 5.41) is 7.42. The summed E-state index contributed by atoms with van der Waals surface area (Å²) in [6.45, 7) is 0. The van der Waals surface area contributed by atoms with Gasteiger partial charge in [0.1, 0.15) is 11.6 Å². The fraction of sp³-hybridized carbons (Fsp3) is 0.143. The Kier molecular flexibility index (Phi) is 4.81. The molecule has 0 N–H and O–H groups in total. The van der Waals surface area contributed by atoms with Crippen molar-refractivity contribution in [1.29, 1.82) is 5.26 Å². The number of hydrogen-bond donors (Lipinski definition) is 0. The van der Waals surface area contributed by atoms with Gasteiger partial charge in [-0.15, -0.1) is 0 Å². The molecule has 0 unspecified atom stereocenters. The number of rotatable bonds is 1. The van der Waals surface area contributed by atoms with Crippen LogP contribution in [0.4, 0.5) is 26.3 Å². The SMILES string of the molecule is N#Cc1cc(C(F)(F)F)cn(-c2c(Cl)cc(C(F)(F)F)cc2Cl)c1=O. The van der Waals surface area contributed by atoms with Crippen LogP contribution in [0.3, 0.4) is 0 Å². The topological polar surface area (TPSA) is 45.8 Å². The van der Waals surface area contributed by atoms with Gasteiger partial charge < -0.3 is 0 Å². The first-order valence-corrected chi connectivity index (χ1v) is 6.92. The van der Waals surface area contributed by atoms with E-state index < -0.39 is 50.3 Å². The largest absolute Gasteiger partial charge is 0.417 e. The van der Waals surface area contributed by atoms with Crippen LogP contribution in [0.1, 0.15) is 16.7 Å². The molecular weight excluding hydrogens is 397 g/mol. The van der Waals surface area contributed by atoms with E-state index in [0.717, 1.165) is 0 Å². The van der Waals surface area contributed by atoms with Crippen LogP contribution in [-0.2, 0) is 12.4 Å². The van der Waals surface area contributed by atoms with Crippen molar-refractivity contribution in [3.63, 3.8) is 0 Å². The molecule has 25 heavy (non-hydrogen) atoms. The average Bonchev–Trinajstić information content (AvgIpc) is 2.45. The molecule has 3 nitrogen and oxygen atoms in total. The lowest BCUT2D eigenvalue weighted by atomic mass is 10.1. The smallest absolute Gasteiger partial charge is 0.280 e. The van der Waals surface area contributed by atoms with E-state index in [-0.39, 0.29) is 0 Å². The summed E-state index contributed by atoms with van der Waals surface area (Å²) in [7, 11) is 0. The molecule has 11 heteroatoms. The van der Waals surface area contributed by atoms with Crippen LogP contribution in [0.15, 0.2) is 29.2 Å². The van der Waals surface area contributed by atoms with Gasteiger partial charge in [-0.3, -0.25) is 9.36 Å². The minimum atomic E-state index is -4.91. The maximum atomic E-state index is 12.9. The Hall–Kier alpha value is -2.18. The van der Waals surface area contributed by atoms with Crippen LogP contribution in [-0.4, -0.2) is 4.57 Å². The Morgan fingerprint density at radius 1 is 0.920 bits per heavy atom. The Balaban J connectivity index is 2.84. The molecule has 0 bridgehead atoms. The number of nitriles is 1. The van der Waals surface area contributed by atoms with Gasteiger partial charge in [-0.25, -0.2) is 0 Å². The highest BCUT2D eigenvalue weighted by molar-refractivity contribution is 6.37. The fourth-order valence-corrected chi connectivity index (χ4v) is 2.61. The average molecular weight is 401 g/mol. The van der Waals surface area contributed by atoms with Crippen LogP contribution < -0.4 is 5.56 Å². The normalized spacial score (nSPS) is 12.1. The number of alkyl halides is 6. The van der Waals surface area contributed by atoms with E-state index in [0.29, 0.717) is 29.0 Å². The minimum Gasteiger partial charge on any atom is -0.280 e. The molecule has 0 atom stereocenters. The summed E-state index contributed by atoms with van der Waals surface area (Å²) in [5.74, 6) is 0. The maximum Gasteiger partial charge on any atom is 0.417 e. The van der Waals surface area contributed by atoms with Gasteiger partial charge in [0.2, 0.25) is 0 Å². The molecular formula is C14H4Cl2F6N2O. The molecule has 1 heterocycles. The first-order valence-electron chi connectivity index (χ1n) is 6.17. The van der Waals surface area contributed by atoms with Gasteiger partial charge in [0.05, 0.1) is 26.9 Å². The summed E-state index contributed by atoms with van der Waals surface area (Å²) in [5.41, 5.74) is -5.28. The molecule has 0 spiro atoms. The Bertz CT molecular complexity index is 917. The number of nitrogens with zero attached hydrogens (tertiary/aromatic N) is 2. The molecule has 132 valence electrons. The van der Waals surface area contributed by atoms with Crippen molar-refractivity contribution in [2.24, 2.45) is 0 Å². The highest BCUT2D eigenvalue weighted by Gasteiger charge is 2.34. The zero-order valence-corrected chi connectivity index (χ0v) is 13.1. The lowest BCUT2D eigenvalue weighted by Crippen LogP contribution is -2.24. The lowest BCUT2D eigenvalue weighted by molar-refractivity contribution is -0.138. The molecule has 2 rings (SSSR count). The molecule has 0 radical (unpaired) electrons. The highest BCUT2D eigenvalue weighted by Crippen LogP contribution is 2.38. The lowest BCUT2D eigenvalue weighted by Gasteiger charge is -2.16. The first kappa shape index (κ1) is 19.1. The third-order valence-corrected chi connectivity index (χ3v) is 3.63. The van der Waals surface area contributed by atoms with Gasteiger partial charge in [-0.05, 0) is 18.2 Å². The molecule has 0 amide bonds. The molecule has 1 aromatic heterocycles. The van der Waals surface area contributed by atoms with Gasteiger partial charge in [-0.2, -0.15) is 31.6 Å². The van der Waals surface area contributed by atoms with Crippen molar-refractivity contribution in [3.05, 3.63) is 61.5 Å². The van der Waals surface area contributed by atoms with Crippen LogP contribution >= 0.6 is 23.2 Å². The van der Waals surface area contributed by atoms with Crippen molar-refractivity contribution in [1.82, 2.24) is 4.57 Å². The maximum absolute atomic E-state index is 12.9. The summed E-state index contributed by atoms with van der Waals surface area (Å²) in [6, 6.07) is 2.45. The molecule has 0 saturated carbocycles. The second kappa shape index (κ2) is 6.28. The second-order valence-electron chi connectivity index (χ2n) is 4.71. The number of pyridine rings is 1. The number of aromatic nitrogens is 1. The summed E-state index contributed by atoms with van der Waals surface area (Å²) in [4.78, 5) is 12.1. The molecule has 2 aromatic rings. The highest BCUT2D eigenvalue weighted by atomic mass is 35.5. The van der Waals surface area contributed by atoms with E-state index in [9.17, 15) is 31.1 Å². The van der Waals surface area contributed by atoms with E-state index in [1.54, 1.807) is 0 Å². The quantitative estimate of drug-likeness (QED) is 0.628. The van der Waals surface area contributed by atoms with Crippen LogP contribution in [0, 0.1) is 11.3 Å². The number of hydrogen-bond acceptors (Lipinski definition) is 2. The third-order valence-electron chi connectivity index (χ3n) is 3.05. The van der Waals surface area contributed by atoms with E-state index in [2.05, 4.69) is 0 Å². The van der Waals surface area contributed by atoms with Crippen LogP contribution in [0.25, 0.3) is 5.69 Å². The zero-order chi connectivity index (χ0) is 19.2. The van der Waals surface area contributed by atoms with Gasteiger partial charge in [0.15, 0.2) is 0 Å². The minimum absolute atomic E-state index is 0.298. The zero-order valence-electron chi connectivity index (χ0n) is 11.6. The van der Waals surface area contributed by atoms with Crippen molar-refractivity contribution >= 4 is 23.2 Å². The Morgan fingerprint density at radius 3 is 1.80 bits per heavy atom. The molecule has 0 fully saturated rings. The van der Waals surface area contributed by atoms with Crippen molar-refractivity contribution < 1.29 is 26.3 Å². The van der Waals surface area contributed by atoms with Gasteiger partial charge >= 0.3 is 12.4 Å². The monoisotopic (exact) mass is 400 g/mol. The Morgan fingerprint density at radius 2 is 1.40 bits per heavy atom. The number of benzene rings is 1. The third kappa shape index (κ3) is 3.75. The fourth-order valence-electron chi connectivity index (χ4n) is 1.94. The Labute approximate surface area is 145 Å². The van der Waals surface area contributed by atoms with Crippen molar-refractivity contribution in [2.45, 2.75) is 12.4 Å². The number of halogens is 8. The standard InChI is InChI=1S/C14H4Cl2F6N2O/c15-9-2-7(13(17,18)19)3-10(16)11(9)24-5-8(14(20,21)22)1-6(4-23)12(24)25/h1-3,5H. The van der Waals surface area contributed by atoms with Crippen LogP contribution in [0.2, 0.25) is 10.0 Å². The van der Waals surface area contributed by atoms with Crippen LogP contribution in [0.5, 0.6) is 0 Å². The molecule has 1 aromatic carbocycles. The summed E-state index contributed by atoms with van der Waals surface area (Å²) >= 11 is 11.4. The second-order valence-corrected chi connectivity index (χ2v) is 5.53. The van der Waals surface area contributed by atoms with Gasteiger partial charge in [-0.1, -0.05) is 23.2 Å². The molecule has 0 aliphatic heterocycles. The molecule has 0 saturated heterocycles. The van der Waals surface area contributed by atoms with Gasteiger partial charge in [0, 0.05) is 6.20 Å². The molecule has 0 aliphatic carbocycles. The predicted octanol–water partition coefficient (Wildman–Crippen LogP) is 5.05. The summed E-state index contributed by atoms with van der Waals surface area (Å²) in [6.07, 6.45) is -9.40.